The van der Waals surface area contributed by atoms with E-state index in [2.05, 4.69) is 15.1 Å². The Hall–Kier alpha value is -3.66. The van der Waals surface area contributed by atoms with Crippen LogP contribution in [0, 0.1) is 13.8 Å². The number of hydrogen-bond donors (Lipinski definition) is 2. The first kappa shape index (κ1) is 19.6. The van der Waals surface area contributed by atoms with E-state index in [1.165, 1.54) is 7.05 Å². The molecule has 0 saturated carbocycles. The number of aliphatic hydroxyl groups excluding tert-OH is 1. The molecule has 0 bridgehead atoms. The van der Waals surface area contributed by atoms with Crippen molar-refractivity contribution in [2.24, 2.45) is 7.05 Å². The zero-order valence-electron chi connectivity index (χ0n) is 16.9. The fourth-order valence-electron chi connectivity index (χ4n) is 3.32. The van der Waals surface area contributed by atoms with Gasteiger partial charge < -0.3 is 9.84 Å². The number of hydrogen-bond acceptors (Lipinski definition) is 6. The highest BCUT2D eigenvalue weighted by Crippen LogP contribution is 2.17. The van der Waals surface area contributed by atoms with Gasteiger partial charge in [0.2, 0.25) is 5.95 Å². The van der Waals surface area contributed by atoms with E-state index in [0.29, 0.717) is 11.7 Å². The summed E-state index contributed by atoms with van der Waals surface area (Å²) in [6.45, 7) is 3.75. The fraction of sp³-hybridized carbons (Fsp3) is 0.300. The minimum Gasteiger partial charge on any atom is -0.491 e. The van der Waals surface area contributed by atoms with Crippen LogP contribution in [0.2, 0.25) is 0 Å². The lowest BCUT2D eigenvalue weighted by atomic mass is 10.3. The van der Waals surface area contributed by atoms with Gasteiger partial charge >= 0.3 is 5.69 Å². The second-order valence-corrected chi connectivity index (χ2v) is 7.13. The SMILES string of the molecule is Cc1cc(C)n(-c2nc3[nH]c(=O)n(C)c(=O)c3n2CC(O)COc2ccccc2)n1. The van der Waals surface area contributed by atoms with Crippen molar-refractivity contribution in [2.45, 2.75) is 26.5 Å². The summed E-state index contributed by atoms with van der Waals surface area (Å²) in [4.78, 5) is 31.9. The Morgan fingerprint density at radius 1 is 1.20 bits per heavy atom. The molecule has 0 aliphatic heterocycles. The maximum Gasteiger partial charge on any atom is 0.329 e. The number of H-pyrrole nitrogens is 1. The quantitative estimate of drug-likeness (QED) is 0.482. The van der Waals surface area contributed by atoms with Crippen molar-refractivity contribution in [1.82, 2.24) is 28.9 Å². The van der Waals surface area contributed by atoms with Gasteiger partial charge in [-0.3, -0.25) is 18.9 Å². The van der Waals surface area contributed by atoms with Crippen LogP contribution in [0.5, 0.6) is 5.75 Å². The number of aryl methyl sites for hydroxylation is 2. The second kappa shape index (κ2) is 7.64. The van der Waals surface area contributed by atoms with Crippen molar-refractivity contribution in [3.8, 4) is 11.7 Å². The molecule has 0 spiro atoms. The standard InChI is InChI=1S/C20H22N6O4/c1-12-9-13(2)26(23-12)19-21-17-16(18(28)24(3)20(29)22-17)25(19)10-14(27)11-30-15-7-5-4-6-8-15/h4-9,14,27H,10-11H2,1-3H3,(H,22,29). The summed E-state index contributed by atoms with van der Waals surface area (Å²) in [6.07, 6.45) is -0.935. The number of ether oxygens (including phenoxy) is 1. The maximum absolute atomic E-state index is 12.8. The molecule has 0 fully saturated rings. The fourth-order valence-corrected chi connectivity index (χ4v) is 3.32. The number of aliphatic hydroxyl groups is 1. The van der Waals surface area contributed by atoms with Gasteiger partial charge in [0.1, 0.15) is 18.5 Å². The molecule has 10 heteroatoms. The number of aromatic nitrogens is 6. The first-order chi connectivity index (χ1) is 14.3. The van der Waals surface area contributed by atoms with Crippen LogP contribution >= 0.6 is 0 Å². The number of aromatic amines is 1. The molecule has 3 heterocycles. The Kier molecular flexibility index (Phi) is 5.00. The summed E-state index contributed by atoms with van der Waals surface area (Å²) in [6, 6.07) is 11.0. The van der Waals surface area contributed by atoms with Gasteiger partial charge in [0.25, 0.3) is 5.56 Å². The number of rotatable bonds is 6. The Bertz CT molecular complexity index is 1320. The average Bonchev–Trinajstić information content (AvgIpc) is 3.24. The Morgan fingerprint density at radius 3 is 2.60 bits per heavy atom. The van der Waals surface area contributed by atoms with E-state index < -0.39 is 17.4 Å². The molecule has 156 valence electrons. The summed E-state index contributed by atoms with van der Waals surface area (Å²) in [7, 11) is 1.38. The zero-order valence-corrected chi connectivity index (χ0v) is 16.9. The largest absolute Gasteiger partial charge is 0.491 e. The summed E-state index contributed by atoms with van der Waals surface area (Å²) in [5, 5.41) is 15.0. The van der Waals surface area contributed by atoms with E-state index in [0.717, 1.165) is 16.0 Å². The molecule has 2 N–H and O–H groups in total. The first-order valence-corrected chi connectivity index (χ1v) is 9.44. The van der Waals surface area contributed by atoms with Gasteiger partial charge in [-0.05, 0) is 32.0 Å². The molecule has 0 saturated heterocycles. The lowest BCUT2D eigenvalue weighted by Crippen LogP contribution is -2.34. The zero-order chi connectivity index (χ0) is 21.4. The Balaban J connectivity index is 1.77. The third-order valence-electron chi connectivity index (χ3n) is 4.76. The molecule has 1 unspecified atom stereocenters. The van der Waals surface area contributed by atoms with Crippen LogP contribution in [0.15, 0.2) is 46.0 Å². The Labute approximate surface area is 171 Å². The van der Waals surface area contributed by atoms with Gasteiger partial charge in [-0.25, -0.2) is 9.48 Å². The highest BCUT2D eigenvalue weighted by atomic mass is 16.5. The molecule has 0 aliphatic carbocycles. The van der Waals surface area contributed by atoms with Gasteiger partial charge in [0.15, 0.2) is 11.2 Å². The van der Waals surface area contributed by atoms with Crippen molar-refractivity contribution < 1.29 is 9.84 Å². The van der Waals surface area contributed by atoms with Crippen LogP contribution in [0.25, 0.3) is 17.1 Å². The van der Waals surface area contributed by atoms with Crippen LogP contribution in [0.4, 0.5) is 0 Å². The first-order valence-electron chi connectivity index (χ1n) is 9.44. The van der Waals surface area contributed by atoms with Crippen LogP contribution < -0.4 is 16.0 Å². The predicted molar refractivity (Wildman–Crippen MR) is 110 cm³/mol. The summed E-state index contributed by atoms with van der Waals surface area (Å²) in [5.41, 5.74) is 0.828. The molecule has 0 amide bonds. The third kappa shape index (κ3) is 3.52. The molecular formula is C20H22N6O4. The van der Waals surface area contributed by atoms with Crippen LogP contribution in [0.1, 0.15) is 11.4 Å². The topological polar surface area (TPSA) is 120 Å². The van der Waals surface area contributed by atoms with Crippen molar-refractivity contribution in [3.63, 3.8) is 0 Å². The van der Waals surface area contributed by atoms with Crippen molar-refractivity contribution in [1.29, 1.82) is 0 Å². The summed E-state index contributed by atoms with van der Waals surface area (Å²) in [5.74, 6) is 0.958. The van der Waals surface area contributed by atoms with E-state index in [9.17, 15) is 14.7 Å². The van der Waals surface area contributed by atoms with Gasteiger partial charge in [0, 0.05) is 12.7 Å². The van der Waals surface area contributed by atoms with E-state index in [4.69, 9.17) is 4.74 Å². The molecule has 0 radical (unpaired) electrons. The average molecular weight is 410 g/mol. The summed E-state index contributed by atoms with van der Waals surface area (Å²) >= 11 is 0. The minimum atomic E-state index is -0.935. The molecule has 0 aliphatic rings. The molecule has 4 rings (SSSR count). The van der Waals surface area contributed by atoms with Crippen LogP contribution in [-0.2, 0) is 13.6 Å². The van der Waals surface area contributed by atoms with Gasteiger partial charge in [-0.15, -0.1) is 0 Å². The van der Waals surface area contributed by atoms with Gasteiger partial charge in [0.05, 0.1) is 12.2 Å². The molecule has 30 heavy (non-hydrogen) atoms. The highest BCUT2D eigenvalue weighted by molar-refractivity contribution is 5.71. The van der Waals surface area contributed by atoms with Crippen LogP contribution in [0.3, 0.4) is 0 Å². The molecule has 3 aromatic heterocycles. The van der Waals surface area contributed by atoms with Gasteiger partial charge in [-0.2, -0.15) is 10.1 Å². The minimum absolute atomic E-state index is 0.0178. The van der Waals surface area contributed by atoms with E-state index in [1.807, 2.05) is 38.1 Å². The normalized spacial score (nSPS) is 12.4. The number of nitrogens with zero attached hydrogens (tertiary/aromatic N) is 5. The van der Waals surface area contributed by atoms with Crippen molar-refractivity contribution in [3.05, 3.63) is 68.6 Å². The molecule has 10 nitrogen and oxygen atoms in total. The summed E-state index contributed by atoms with van der Waals surface area (Å²) < 4.78 is 9.74. The monoisotopic (exact) mass is 410 g/mol. The second-order valence-electron chi connectivity index (χ2n) is 7.13. The predicted octanol–water partition coefficient (Wildman–Crippen LogP) is 0.666. The molecular weight excluding hydrogens is 388 g/mol. The number of imidazole rings is 1. The Morgan fingerprint density at radius 2 is 1.93 bits per heavy atom. The van der Waals surface area contributed by atoms with Crippen molar-refractivity contribution >= 4 is 11.2 Å². The number of benzene rings is 1. The number of para-hydroxylation sites is 1. The smallest absolute Gasteiger partial charge is 0.329 e. The highest BCUT2D eigenvalue weighted by Gasteiger charge is 2.22. The maximum atomic E-state index is 12.8. The third-order valence-corrected chi connectivity index (χ3v) is 4.76. The number of fused-ring (bicyclic) bond motifs is 1. The van der Waals surface area contributed by atoms with Gasteiger partial charge in [-0.1, -0.05) is 18.2 Å². The molecule has 4 aromatic rings. The van der Waals surface area contributed by atoms with E-state index >= 15 is 0 Å². The van der Waals surface area contributed by atoms with Crippen LogP contribution in [-0.4, -0.2) is 46.7 Å². The lowest BCUT2D eigenvalue weighted by Gasteiger charge is -2.15. The van der Waals surface area contributed by atoms with Crippen molar-refractivity contribution in [2.75, 3.05) is 6.61 Å². The molecule has 1 aromatic carbocycles. The molecule has 1 atom stereocenters. The van der Waals surface area contributed by atoms with E-state index in [-0.39, 0.29) is 24.3 Å². The lowest BCUT2D eigenvalue weighted by molar-refractivity contribution is 0.0932. The number of nitrogens with one attached hydrogen (secondary N) is 1. The van der Waals surface area contributed by atoms with E-state index in [1.54, 1.807) is 21.4 Å².